The smallest absolute Gasteiger partial charge is 0.454 e. The number of esters is 4. The van der Waals surface area contributed by atoms with Crippen LogP contribution in [0.1, 0.15) is 117 Å². The molecule has 2 aromatic rings. The third kappa shape index (κ3) is 7.54. The van der Waals surface area contributed by atoms with Crippen LogP contribution in [0.2, 0.25) is 0 Å². The van der Waals surface area contributed by atoms with Crippen LogP contribution in [-0.4, -0.2) is 165 Å². The second-order valence-electron chi connectivity index (χ2n) is 26.0. The molecule has 0 aromatic heterocycles. The van der Waals surface area contributed by atoms with E-state index in [0.29, 0.717) is 17.6 Å². The summed E-state index contributed by atoms with van der Waals surface area (Å²) in [5.74, 6) is -7.29. The minimum atomic E-state index is -2.05. The van der Waals surface area contributed by atoms with Crippen molar-refractivity contribution in [1.29, 1.82) is 0 Å². The van der Waals surface area contributed by atoms with Gasteiger partial charge in [0.1, 0.15) is 36.3 Å². The number of carbonyl (C=O) groups is 8. The lowest BCUT2D eigenvalue weighted by molar-refractivity contribution is -0.345. The van der Waals surface area contributed by atoms with Crippen LogP contribution in [0, 0.1) is 45.3 Å². The van der Waals surface area contributed by atoms with Gasteiger partial charge in [-0.15, -0.1) is 0 Å². The maximum Gasteiger partial charge on any atom is 0.509 e. The Bertz CT molecular complexity index is 3010. The lowest BCUT2D eigenvalue weighted by Crippen LogP contribution is -2.83. The van der Waals surface area contributed by atoms with Gasteiger partial charge in [0.25, 0.3) is 0 Å². The molecule has 0 radical (unpaired) electrons. The SMILES string of the molecule is CC(=O)O[C@@]12COC1C[C@H](C)[C@@]1(C)C(=O)[C@H](C)C3=C(C)[C@@H](O)[C@@H]4OC(=O)O[C@]4([C@@H](OC(=O)c4ccccc4)[C@@H]12)C3(C)C.CC(=O)O[C@@]12COC1C[C@H](O)[C@@]1(C)C(=O)[C@H](O)C3=C(C)[C@@H](O)[C@@H]4OC(=O)O[C@]4([C@@H](OC(=O)c4ccccc4)[C@@H]12)C3(C)C. The molecule has 2 aromatic carbocycles. The van der Waals surface area contributed by atoms with Crippen molar-refractivity contribution in [3.63, 3.8) is 0 Å². The molecule has 2 unspecified atom stereocenters. The summed E-state index contributed by atoms with van der Waals surface area (Å²) >= 11 is 0. The monoisotopic (exact) mass is 1170 g/mol. The van der Waals surface area contributed by atoms with Crippen molar-refractivity contribution >= 4 is 47.8 Å². The number of rotatable bonds is 6. The van der Waals surface area contributed by atoms with Crippen molar-refractivity contribution in [1.82, 2.24) is 0 Å². The minimum Gasteiger partial charge on any atom is -0.454 e. The van der Waals surface area contributed by atoms with Gasteiger partial charge in [0, 0.05) is 42.4 Å². The van der Waals surface area contributed by atoms with Gasteiger partial charge in [-0.1, -0.05) is 84.9 Å². The first-order valence-corrected chi connectivity index (χ1v) is 28.5. The molecule has 22 nitrogen and oxygen atoms in total. The van der Waals surface area contributed by atoms with Crippen LogP contribution < -0.4 is 0 Å². The number of aliphatic hydroxyl groups is 4. The molecular weight excluding hydrogens is 1100 g/mol. The second kappa shape index (κ2) is 19.5. The Kier molecular flexibility index (Phi) is 13.7. The highest BCUT2D eigenvalue weighted by Gasteiger charge is 2.84. The van der Waals surface area contributed by atoms with Crippen LogP contribution in [0.15, 0.2) is 83.0 Å². The van der Waals surface area contributed by atoms with E-state index in [0.717, 1.165) is 0 Å². The topological polar surface area (TPSA) is 310 Å². The van der Waals surface area contributed by atoms with Gasteiger partial charge in [-0.3, -0.25) is 19.2 Å². The van der Waals surface area contributed by atoms with E-state index < -0.39 is 165 Å². The van der Waals surface area contributed by atoms with Gasteiger partial charge < -0.3 is 67.8 Å². The highest BCUT2D eigenvalue weighted by atomic mass is 16.8. The molecule has 2 spiro atoms. The molecular formula is C62H72O22. The third-order valence-electron chi connectivity index (χ3n) is 21.6. The Morgan fingerprint density at radius 2 is 0.964 bits per heavy atom. The van der Waals surface area contributed by atoms with Crippen molar-refractivity contribution < 1.29 is 106 Å². The van der Waals surface area contributed by atoms with Gasteiger partial charge >= 0.3 is 36.2 Å². The average molecular weight is 1170 g/mol. The maximum absolute atomic E-state index is 14.9. The van der Waals surface area contributed by atoms with Crippen LogP contribution in [0.5, 0.6) is 0 Å². The van der Waals surface area contributed by atoms with Gasteiger partial charge in [0.2, 0.25) is 11.2 Å². The van der Waals surface area contributed by atoms with E-state index in [2.05, 4.69) is 0 Å². The summed E-state index contributed by atoms with van der Waals surface area (Å²) in [4.78, 5) is 109. The molecule has 6 aliphatic carbocycles. The zero-order valence-corrected chi connectivity index (χ0v) is 48.8. The second-order valence-corrected chi connectivity index (χ2v) is 26.0. The van der Waals surface area contributed by atoms with Gasteiger partial charge in [-0.2, -0.15) is 0 Å². The molecule has 4 saturated carbocycles. The standard InChI is InChI=1S/C32H38O10.C30H34O12/c1-15-13-20-31(14-38-20,41-18(4)33)23-26(39-27(36)19-11-9-8-10-12-19)32-25(40-28(37)42-32)22(34)16(2)21(29(32,5)6)17(3)24(35)30(15,23)7;1-13-18-20(34)22(35)28(5)16(32)11-17-29(12-38-17,41-14(2)31)21(28)24(39-25(36)15-9-7-6-8-10-15)30(27(18,3)4)23(19(13)33)40-26(37)42-30/h8-12,15,17,20,22-23,25-26,34H,13-14H2,1-7H3;6-10,16-17,19-21,23-24,32-34H,11-12H2,1-5H3/t15-,17+,20?,22+,23-,25-,26-,30+,31-,32+;16-,17?,19+,20+,21-,23-,24-,28+,29-,30+/m00/s1. The van der Waals surface area contributed by atoms with Crippen LogP contribution in [-0.2, 0) is 66.5 Å². The summed E-state index contributed by atoms with van der Waals surface area (Å²) in [6.45, 7) is 19.3. The number of ketones is 2. The zero-order valence-electron chi connectivity index (χ0n) is 48.8. The summed E-state index contributed by atoms with van der Waals surface area (Å²) < 4.78 is 60.0. The van der Waals surface area contributed by atoms with E-state index in [1.807, 2.05) is 27.7 Å². The van der Waals surface area contributed by atoms with Crippen LogP contribution >= 0.6 is 0 Å². The Balaban J connectivity index is 0.000000175. The van der Waals surface area contributed by atoms with E-state index in [-0.39, 0.29) is 53.6 Å². The minimum absolute atomic E-state index is 0.0362. The van der Waals surface area contributed by atoms with Gasteiger partial charge in [0.15, 0.2) is 41.4 Å². The molecule has 4 aliphatic heterocycles. The summed E-state index contributed by atoms with van der Waals surface area (Å²) in [5, 5.41) is 46.5. The zero-order chi connectivity index (χ0) is 61.1. The number of benzene rings is 2. The highest BCUT2D eigenvalue weighted by Crippen LogP contribution is 2.70. The molecule has 20 atom stereocenters. The van der Waals surface area contributed by atoms with Crippen molar-refractivity contribution in [2.75, 3.05) is 13.2 Å². The molecule has 0 amide bonds. The number of Topliss-reactive ketones (excluding diaryl/α,β-unsaturated/α-hetero) is 2. The normalized spacial score (nSPS) is 43.3. The number of hydrogen-bond acceptors (Lipinski definition) is 22. The Hall–Kier alpha value is -6.56. The molecule has 22 heteroatoms. The number of hydrogen-bond donors (Lipinski definition) is 4. The lowest BCUT2D eigenvalue weighted by atomic mass is 9.42. The van der Waals surface area contributed by atoms with Crippen molar-refractivity contribution in [3.05, 3.63) is 94.1 Å². The first-order chi connectivity index (χ1) is 39.3. The first kappa shape index (κ1) is 59.2. The number of fused-ring (bicyclic) bond motifs is 8. The van der Waals surface area contributed by atoms with Crippen LogP contribution in [0.4, 0.5) is 9.59 Å². The molecule has 4 heterocycles. The van der Waals surface area contributed by atoms with Gasteiger partial charge in [-0.25, -0.2) is 19.2 Å². The first-order valence-electron chi connectivity index (χ1n) is 28.5. The lowest BCUT2D eigenvalue weighted by Gasteiger charge is -2.68. The van der Waals surface area contributed by atoms with Crippen molar-refractivity contribution in [2.45, 2.75) is 179 Å². The number of ether oxygens (including phenoxy) is 10. The van der Waals surface area contributed by atoms with Crippen molar-refractivity contribution in [2.24, 2.45) is 45.3 Å². The molecule has 452 valence electrons. The Morgan fingerprint density at radius 3 is 1.38 bits per heavy atom. The van der Waals surface area contributed by atoms with E-state index >= 15 is 0 Å². The quantitative estimate of drug-likeness (QED) is 0.168. The Labute approximate surface area is 484 Å². The molecule has 4 saturated heterocycles. The molecule has 10 aliphatic rings. The molecule has 12 rings (SSSR count). The van der Waals surface area contributed by atoms with E-state index in [4.69, 9.17) is 47.4 Å². The highest BCUT2D eigenvalue weighted by molar-refractivity contribution is 5.95. The largest absolute Gasteiger partial charge is 0.509 e. The van der Waals surface area contributed by atoms with Crippen LogP contribution in [0.3, 0.4) is 0 Å². The predicted octanol–water partition coefficient (Wildman–Crippen LogP) is 5.02. The fourth-order valence-corrected chi connectivity index (χ4v) is 17.6. The molecule has 4 N–H and O–H groups in total. The average Bonchev–Trinajstić information content (AvgIpc) is 1.05. The van der Waals surface area contributed by atoms with Crippen LogP contribution in [0.25, 0.3) is 0 Å². The van der Waals surface area contributed by atoms with Gasteiger partial charge in [0.05, 0.1) is 47.7 Å². The number of aliphatic hydroxyl groups excluding tert-OH is 4. The summed E-state index contributed by atoms with van der Waals surface area (Å²) in [7, 11) is 0. The number of carbonyl (C=O) groups excluding carboxylic acids is 8. The van der Waals surface area contributed by atoms with E-state index in [9.17, 15) is 58.8 Å². The van der Waals surface area contributed by atoms with Gasteiger partial charge in [-0.05, 0) is 79.7 Å². The maximum atomic E-state index is 14.9. The summed E-state index contributed by atoms with van der Waals surface area (Å²) in [6.07, 6.45) is -15.4. The summed E-state index contributed by atoms with van der Waals surface area (Å²) in [6, 6.07) is 16.3. The van der Waals surface area contributed by atoms with E-state index in [1.165, 1.54) is 39.8 Å². The summed E-state index contributed by atoms with van der Waals surface area (Å²) in [5.41, 5.74) is -10.9. The van der Waals surface area contributed by atoms with E-state index in [1.54, 1.807) is 76.2 Å². The molecule has 8 fully saturated rings. The third-order valence-corrected chi connectivity index (χ3v) is 21.6. The fourth-order valence-electron chi connectivity index (χ4n) is 17.6. The fraction of sp³-hybridized carbons (Fsp3) is 0.613. The predicted molar refractivity (Wildman–Crippen MR) is 286 cm³/mol. The molecule has 84 heavy (non-hydrogen) atoms. The Morgan fingerprint density at radius 1 is 0.560 bits per heavy atom. The van der Waals surface area contributed by atoms with Crippen molar-refractivity contribution in [3.8, 4) is 0 Å². The molecule has 4 bridgehead atoms.